The van der Waals surface area contributed by atoms with Crippen LogP contribution in [0.1, 0.15) is 11.1 Å². The molecule has 4 amide bonds. The smallest absolute Gasteiger partial charge is 0.411 e. The first-order valence-electron chi connectivity index (χ1n) is 13.1. The van der Waals surface area contributed by atoms with E-state index < -0.39 is 36.1 Å². The minimum Gasteiger partial charge on any atom is -0.465 e. The molecule has 214 valence electrons. The van der Waals surface area contributed by atoms with Crippen LogP contribution in [0, 0.1) is 0 Å². The summed E-state index contributed by atoms with van der Waals surface area (Å²) in [7, 11) is 0. The highest BCUT2D eigenvalue weighted by molar-refractivity contribution is 5.97. The average Bonchev–Trinajstić information content (AvgIpc) is 3.56. The summed E-state index contributed by atoms with van der Waals surface area (Å²) in [6.07, 6.45) is 0.996. The largest absolute Gasteiger partial charge is 0.465 e. The number of carbonyl (C=O) groups excluding carboxylic acids is 2. The van der Waals surface area contributed by atoms with Crippen LogP contribution in [0.25, 0.3) is 21.8 Å². The van der Waals surface area contributed by atoms with Gasteiger partial charge in [0.05, 0.1) is 0 Å². The zero-order chi connectivity index (χ0) is 29.6. The third-order valence-corrected chi connectivity index (χ3v) is 6.84. The van der Waals surface area contributed by atoms with Gasteiger partial charge in [-0.05, 0) is 41.5 Å². The number of anilines is 2. The summed E-state index contributed by atoms with van der Waals surface area (Å²) in [4.78, 5) is 54.5. The molecule has 12 nitrogen and oxygen atoms in total. The highest BCUT2D eigenvalue weighted by atomic mass is 16.4. The van der Waals surface area contributed by atoms with E-state index >= 15 is 0 Å². The molecule has 0 radical (unpaired) electrons. The van der Waals surface area contributed by atoms with E-state index in [9.17, 15) is 19.2 Å². The second-order valence-electron chi connectivity index (χ2n) is 9.69. The third kappa shape index (κ3) is 6.50. The minimum absolute atomic E-state index is 0.186. The fraction of sp³-hybridized carbons (Fsp3) is 0.133. The zero-order valence-corrected chi connectivity index (χ0v) is 22.2. The van der Waals surface area contributed by atoms with Gasteiger partial charge in [0, 0.05) is 58.4 Å². The lowest BCUT2D eigenvalue weighted by Crippen LogP contribution is -2.43. The molecule has 3 aromatic carbocycles. The Bertz CT molecular complexity index is 1650. The van der Waals surface area contributed by atoms with E-state index in [-0.39, 0.29) is 12.8 Å². The van der Waals surface area contributed by atoms with E-state index in [0.717, 1.165) is 32.9 Å². The normalized spacial score (nSPS) is 12.4. The topological polar surface area (TPSA) is 188 Å². The van der Waals surface area contributed by atoms with Crippen molar-refractivity contribution in [2.24, 2.45) is 0 Å². The molecule has 2 unspecified atom stereocenters. The van der Waals surface area contributed by atoms with Crippen molar-refractivity contribution in [2.75, 3.05) is 10.6 Å². The molecule has 12 heteroatoms. The van der Waals surface area contributed by atoms with Crippen molar-refractivity contribution >= 4 is 57.2 Å². The number of hydrogen-bond acceptors (Lipinski definition) is 6. The lowest BCUT2D eigenvalue weighted by molar-refractivity contribution is -0.121. The summed E-state index contributed by atoms with van der Waals surface area (Å²) in [5.41, 5.74) is 4.38. The van der Waals surface area contributed by atoms with Crippen LogP contribution < -0.4 is 21.3 Å². The first-order valence-corrected chi connectivity index (χ1v) is 13.1. The maximum Gasteiger partial charge on any atom is 0.411 e. The number of aromatic amines is 2. The van der Waals surface area contributed by atoms with Crippen LogP contribution in [0.15, 0.2) is 85.2 Å². The molecule has 0 bridgehead atoms. The van der Waals surface area contributed by atoms with Gasteiger partial charge in [0.25, 0.3) is 11.8 Å². The Morgan fingerprint density at radius 2 is 1.05 bits per heavy atom. The van der Waals surface area contributed by atoms with Crippen LogP contribution in [-0.2, 0) is 22.4 Å². The fourth-order valence-electron chi connectivity index (χ4n) is 4.95. The first-order chi connectivity index (χ1) is 20.3. The highest BCUT2D eigenvalue weighted by Gasteiger charge is 2.24. The van der Waals surface area contributed by atoms with Crippen LogP contribution in [0.3, 0.4) is 0 Å². The van der Waals surface area contributed by atoms with Crippen LogP contribution in [0.2, 0.25) is 0 Å². The summed E-state index contributed by atoms with van der Waals surface area (Å²) in [5.74, 6) is -1.46. The van der Waals surface area contributed by atoms with E-state index in [0.29, 0.717) is 11.4 Å². The molecule has 2 aromatic heterocycles. The van der Waals surface area contributed by atoms with Gasteiger partial charge >= 0.3 is 12.2 Å². The Labute approximate surface area is 239 Å². The molecular formula is C30H28N6O6. The van der Waals surface area contributed by atoms with Crippen molar-refractivity contribution in [1.82, 2.24) is 20.6 Å². The van der Waals surface area contributed by atoms with Gasteiger partial charge in [0.1, 0.15) is 12.1 Å². The zero-order valence-electron chi connectivity index (χ0n) is 22.2. The number of fused-ring (bicyclic) bond motifs is 2. The molecule has 0 aliphatic rings. The number of imide groups is 2. The Hall–Kier alpha value is -5.78. The van der Waals surface area contributed by atoms with Crippen molar-refractivity contribution in [3.05, 3.63) is 96.3 Å². The molecule has 2 atom stereocenters. The Kier molecular flexibility index (Phi) is 8.05. The molecule has 8 N–H and O–H groups in total. The van der Waals surface area contributed by atoms with E-state index in [1.807, 2.05) is 59.2 Å². The number of para-hydroxylation sites is 2. The summed E-state index contributed by atoms with van der Waals surface area (Å²) in [6.45, 7) is 0. The average molecular weight is 569 g/mol. The standard InChI is InChI=1S/C30H28N6O6/c37-27(35-29(39)40)25(12-17-15-31-23-10-3-1-8-21(17)23)33-19-6-5-7-20(14-19)34-26(28(38)36-30(41)42)13-18-16-32-24-11-4-2-9-22(18)24/h1-11,14-16,25-26,31-34H,12-13H2,(H,35,37)(H,36,38)(H,39,40)(H,41,42). The van der Waals surface area contributed by atoms with Gasteiger partial charge in [-0.1, -0.05) is 42.5 Å². The van der Waals surface area contributed by atoms with Crippen LogP contribution in [0.4, 0.5) is 21.0 Å². The lowest BCUT2D eigenvalue weighted by atomic mass is 10.0. The van der Waals surface area contributed by atoms with Crippen molar-refractivity contribution in [1.29, 1.82) is 0 Å². The minimum atomic E-state index is -1.47. The highest BCUT2D eigenvalue weighted by Crippen LogP contribution is 2.24. The van der Waals surface area contributed by atoms with Gasteiger partial charge in [-0.25, -0.2) is 9.59 Å². The summed E-state index contributed by atoms with van der Waals surface area (Å²) in [5, 5.41) is 30.2. The monoisotopic (exact) mass is 568 g/mol. The quantitative estimate of drug-likeness (QED) is 0.122. The maximum atomic E-state index is 12.9. The number of amides is 4. The second kappa shape index (κ2) is 12.2. The van der Waals surface area contributed by atoms with Crippen molar-refractivity contribution in [2.45, 2.75) is 24.9 Å². The number of benzene rings is 3. The predicted octanol–water partition coefficient (Wildman–Crippen LogP) is 4.28. The Morgan fingerprint density at radius 1 is 0.619 bits per heavy atom. The molecule has 2 heterocycles. The third-order valence-electron chi connectivity index (χ3n) is 6.84. The summed E-state index contributed by atoms with van der Waals surface area (Å²) in [6, 6.07) is 20.0. The fourth-order valence-corrected chi connectivity index (χ4v) is 4.95. The van der Waals surface area contributed by atoms with Gasteiger partial charge in [-0.3, -0.25) is 20.2 Å². The number of hydrogen-bond donors (Lipinski definition) is 8. The molecule has 0 spiro atoms. The predicted molar refractivity (Wildman–Crippen MR) is 158 cm³/mol. The van der Waals surface area contributed by atoms with Crippen LogP contribution in [-0.4, -0.2) is 56.3 Å². The van der Waals surface area contributed by atoms with Gasteiger partial charge in [0.2, 0.25) is 0 Å². The number of rotatable bonds is 10. The molecular weight excluding hydrogens is 540 g/mol. The van der Waals surface area contributed by atoms with Crippen molar-refractivity contribution < 1.29 is 29.4 Å². The molecule has 5 aromatic rings. The number of carbonyl (C=O) groups is 4. The second-order valence-corrected chi connectivity index (χ2v) is 9.69. The van der Waals surface area contributed by atoms with E-state index in [2.05, 4.69) is 20.6 Å². The van der Waals surface area contributed by atoms with Gasteiger partial charge in [0.15, 0.2) is 0 Å². The summed E-state index contributed by atoms with van der Waals surface area (Å²) < 4.78 is 0. The summed E-state index contributed by atoms with van der Waals surface area (Å²) >= 11 is 0. The molecule has 0 saturated carbocycles. The SMILES string of the molecule is O=C(O)NC(=O)C(Cc1c[nH]c2ccccc12)Nc1cccc(NC(Cc2c[nH]c3ccccc23)C(=O)NC(=O)O)c1. The van der Waals surface area contributed by atoms with Gasteiger partial charge in [-0.2, -0.15) is 0 Å². The number of nitrogens with one attached hydrogen (secondary N) is 6. The lowest BCUT2D eigenvalue weighted by Gasteiger charge is -2.21. The van der Waals surface area contributed by atoms with E-state index in [1.165, 1.54) is 0 Å². The first kappa shape index (κ1) is 27.8. The molecule has 0 aliphatic carbocycles. The maximum absolute atomic E-state index is 12.9. The Morgan fingerprint density at radius 3 is 1.48 bits per heavy atom. The van der Waals surface area contributed by atoms with E-state index in [1.54, 1.807) is 36.7 Å². The van der Waals surface area contributed by atoms with Gasteiger partial charge in [-0.15, -0.1) is 0 Å². The number of carboxylic acid groups (broad SMARTS) is 2. The number of aromatic nitrogens is 2. The Balaban J connectivity index is 1.38. The molecule has 42 heavy (non-hydrogen) atoms. The van der Waals surface area contributed by atoms with Crippen LogP contribution >= 0.6 is 0 Å². The molecule has 0 saturated heterocycles. The molecule has 0 fully saturated rings. The molecule has 5 rings (SSSR count). The van der Waals surface area contributed by atoms with Gasteiger partial charge < -0.3 is 30.8 Å². The van der Waals surface area contributed by atoms with E-state index in [4.69, 9.17) is 10.2 Å². The number of H-pyrrole nitrogens is 2. The van der Waals surface area contributed by atoms with Crippen molar-refractivity contribution in [3.63, 3.8) is 0 Å². The molecule has 0 aliphatic heterocycles. The van der Waals surface area contributed by atoms with Crippen molar-refractivity contribution in [3.8, 4) is 0 Å². The van der Waals surface area contributed by atoms with Crippen LogP contribution in [0.5, 0.6) is 0 Å².